The largest absolute Gasteiger partial charge is 0.337 e. The van der Waals surface area contributed by atoms with E-state index in [0.717, 1.165) is 22.7 Å². The van der Waals surface area contributed by atoms with Crippen molar-refractivity contribution in [3.63, 3.8) is 0 Å². The molecule has 0 radical (unpaired) electrons. The Morgan fingerprint density at radius 3 is 2.78 bits per heavy atom. The number of rotatable bonds is 3. The zero-order valence-corrected chi connectivity index (χ0v) is 13.5. The van der Waals surface area contributed by atoms with E-state index in [4.69, 9.17) is 11.6 Å². The molecule has 1 N–H and O–H groups in total. The molecule has 23 heavy (non-hydrogen) atoms. The van der Waals surface area contributed by atoms with Gasteiger partial charge in [0.25, 0.3) is 5.91 Å². The van der Waals surface area contributed by atoms with E-state index in [9.17, 15) is 9.18 Å². The van der Waals surface area contributed by atoms with Crippen molar-refractivity contribution in [2.45, 2.75) is 20.4 Å². The number of halogens is 2. The number of aryl methyl sites for hydroxylation is 2. The number of carbonyl (C=O) groups excluding carboxylic acids is 1. The van der Waals surface area contributed by atoms with Crippen LogP contribution >= 0.6 is 11.6 Å². The molecule has 0 atom stereocenters. The molecule has 0 saturated carbocycles. The number of fused-ring (bicyclic) bond motifs is 1. The van der Waals surface area contributed by atoms with E-state index in [-0.39, 0.29) is 5.91 Å². The van der Waals surface area contributed by atoms with Crippen LogP contribution in [0.25, 0.3) is 10.9 Å². The van der Waals surface area contributed by atoms with Gasteiger partial charge in [0.15, 0.2) is 0 Å². The molecule has 118 valence electrons. The summed E-state index contributed by atoms with van der Waals surface area (Å²) < 4.78 is 14.8. The third-order valence-electron chi connectivity index (χ3n) is 3.78. The van der Waals surface area contributed by atoms with Gasteiger partial charge >= 0.3 is 0 Å². The first-order valence-corrected chi connectivity index (χ1v) is 7.60. The minimum atomic E-state index is -0.448. The molecule has 0 fully saturated rings. The molecule has 0 bridgehead atoms. The minimum Gasteiger partial charge on any atom is -0.337 e. The van der Waals surface area contributed by atoms with Crippen molar-refractivity contribution < 1.29 is 9.18 Å². The number of pyridine rings is 1. The minimum absolute atomic E-state index is 0.282. The van der Waals surface area contributed by atoms with Crippen molar-refractivity contribution in [3.05, 3.63) is 58.6 Å². The molecular formula is C17H15ClFN3O. The van der Waals surface area contributed by atoms with Gasteiger partial charge in [-0.3, -0.25) is 4.79 Å². The quantitative estimate of drug-likeness (QED) is 0.772. The van der Waals surface area contributed by atoms with Gasteiger partial charge in [-0.05, 0) is 49.7 Å². The molecule has 0 aliphatic carbocycles. The molecule has 1 amide bonds. The first kappa shape index (κ1) is 15.5. The second-order valence-corrected chi connectivity index (χ2v) is 5.63. The van der Waals surface area contributed by atoms with Crippen molar-refractivity contribution in [1.29, 1.82) is 0 Å². The van der Waals surface area contributed by atoms with Crippen LogP contribution in [0, 0.1) is 12.7 Å². The van der Waals surface area contributed by atoms with Gasteiger partial charge in [0.2, 0.25) is 0 Å². The molecule has 2 heterocycles. The Kier molecular flexibility index (Phi) is 4.05. The molecule has 1 aromatic carbocycles. The topological polar surface area (TPSA) is 46.9 Å². The summed E-state index contributed by atoms with van der Waals surface area (Å²) in [6, 6.07) is 8.24. The fraction of sp³-hybridized carbons (Fsp3) is 0.176. The lowest BCUT2D eigenvalue weighted by Crippen LogP contribution is -2.18. The summed E-state index contributed by atoms with van der Waals surface area (Å²) in [4.78, 5) is 16.5. The average molecular weight is 332 g/mol. The summed E-state index contributed by atoms with van der Waals surface area (Å²) in [6.45, 7) is 4.50. The van der Waals surface area contributed by atoms with Gasteiger partial charge in [0, 0.05) is 22.5 Å². The van der Waals surface area contributed by atoms with Gasteiger partial charge in [-0.25, -0.2) is 9.37 Å². The Hall–Kier alpha value is -2.40. The van der Waals surface area contributed by atoms with E-state index in [0.29, 0.717) is 23.1 Å². The van der Waals surface area contributed by atoms with Gasteiger partial charge in [-0.1, -0.05) is 11.6 Å². The molecule has 0 aliphatic heterocycles. The Balaban J connectivity index is 2.06. The highest BCUT2D eigenvalue weighted by atomic mass is 35.5. The lowest BCUT2D eigenvalue weighted by molar-refractivity contribution is 0.101. The summed E-state index contributed by atoms with van der Waals surface area (Å²) in [5.74, 6) is -0.422. The molecule has 2 aromatic heterocycles. The first-order chi connectivity index (χ1) is 11.0. The average Bonchev–Trinajstić information content (AvgIpc) is 2.81. The summed E-state index contributed by atoms with van der Waals surface area (Å²) >= 11 is 6.06. The lowest BCUT2D eigenvalue weighted by Gasteiger charge is -2.09. The highest BCUT2D eigenvalue weighted by Crippen LogP contribution is 2.28. The monoisotopic (exact) mass is 331 g/mol. The number of hydrogen-bond donors (Lipinski definition) is 1. The first-order valence-electron chi connectivity index (χ1n) is 7.22. The van der Waals surface area contributed by atoms with Crippen LogP contribution in [0.5, 0.6) is 0 Å². The van der Waals surface area contributed by atoms with Crippen LogP contribution in [0.2, 0.25) is 5.02 Å². The summed E-state index contributed by atoms with van der Waals surface area (Å²) in [6.07, 6.45) is 1.07. The van der Waals surface area contributed by atoms with Gasteiger partial charge < -0.3 is 9.88 Å². The van der Waals surface area contributed by atoms with Gasteiger partial charge in [0.05, 0.1) is 6.20 Å². The predicted molar refractivity (Wildman–Crippen MR) is 89.5 cm³/mol. The van der Waals surface area contributed by atoms with Crippen molar-refractivity contribution in [3.8, 4) is 0 Å². The molecule has 3 rings (SSSR count). The Bertz CT molecular complexity index is 887. The van der Waals surface area contributed by atoms with E-state index in [1.807, 2.05) is 30.5 Å². The van der Waals surface area contributed by atoms with Crippen molar-refractivity contribution >= 4 is 34.2 Å². The number of nitrogens with zero attached hydrogens (tertiary/aromatic N) is 2. The number of nitrogens with one attached hydrogen (secondary N) is 1. The summed E-state index contributed by atoms with van der Waals surface area (Å²) in [7, 11) is 0. The standard InChI is InChI=1S/C17H15ClFN3O/c1-3-22-14-6-4-11(18)8-13(14)10(2)16(22)17(23)21-15-7-5-12(19)9-20-15/h4-9H,3H2,1-2H3,(H,20,21,23). The SMILES string of the molecule is CCn1c(C(=O)Nc2ccc(F)cn2)c(C)c2cc(Cl)ccc21. The Morgan fingerprint density at radius 2 is 2.13 bits per heavy atom. The van der Waals surface area contributed by atoms with Crippen molar-refractivity contribution in [2.75, 3.05) is 5.32 Å². The molecule has 0 unspecified atom stereocenters. The third-order valence-corrected chi connectivity index (χ3v) is 4.01. The second-order valence-electron chi connectivity index (χ2n) is 5.20. The van der Waals surface area contributed by atoms with E-state index >= 15 is 0 Å². The van der Waals surface area contributed by atoms with Crippen LogP contribution in [0.3, 0.4) is 0 Å². The number of benzene rings is 1. The van der Waals surface area contributed by atoms with Crippen LogP contribution in [-0.4, -0.2) is 15.5 Å². The molecule has 6 heteroatoms. The maximum atomic E-state index is 12.9. The second kappa shape index (κ2) is 6.01. The number of anilines is 1. The maximum Gasteiger partial charge on any atom is 0.273 e. The zero-order chi connectivity index (χ0) is 16.6. The predicted octanol–water partition coefficient (Wildman–Crippen LogP) is 4.41. The normalized spacial score (nSPS) is 11.0. The molecule has 0 spiro atoms. The van der Waals surface area contributed by atoms with Crippen LogP contribution in [0.4, 0.5) is 10.2 Å². The molecular weight excluding hydrogens is 317 g/mol. The Morgan fingerprint density at radius 1 is 1.35 bits per heavy atom. The van der Waals surface area contributed by atoms with Crippen LogP contribution < -0.4 is 5.32 Å². The number of aromatic nitrogens is 2. The lowest BCUT2D eigenvalue weighted by atomic mass is 10.1. The highest BCUT2D eigenvalue weighted by Gasteiger charge is 2.20. The molecule has 3 aromatic rings. The summed E-state index contributed by atoms with van der Waals surface area (Å²) in [5, 5.41) is 4.27. The van der Waals surface area contributed by atoms with Gasteiger partial charge in [-0.15, -0.1) is 0 Å². The maximum absolute atomic E-state index is 12.9. The van der Waals surface area contributed by atoms with Crippen molar-refractivity contribution in [1.82, 2.24) is 9.55 Å². The van der Waals surface area contributed by atoms with Crippen LogP contribution in [0.15, 0.2) is 36.5 Å². The fourth-order valence-electron chi connectivity index (χ4n) is 2.74. The fourth-order valence-corrected chi connectivity index (χ4v) is 2.91. The Labute approximate surface area is 137 Å². The zero-order valence-electron chi connectivity index (χ0n) is 12.7. The van der Waals surface area contributed by atoms with Crippen molar-refractivity contribution in [2.24, 2.45) is 0 Å². The number of hydrogen-bond acceptors (Lipinski definition) is 2. The van der Waals surface area contributed by atoms with E-state index in [2.05, 4.69) is 10.3 Å². The van der Waals surface area contributed by atoms with Gasteiger partial charge in [0.1, 0.15) is 17.3 Å². The number of amides is 1. The van der Waals surface area contributed by atoms with Crippen LogP contribution in [0.1, 0.15) is 23.0 Å². The number of carbonyl (C=O) groups is 1. The highest BCUT2D eigenvalue weighted by molar-refractivity contribution is 6.31. The molecule has 0 saturated heterocycles. The third kappa shape index (κ3) is 2.80. The smallest absolute Gasteiger partial charge is 0.273 e. The van der Waals surface area contributed by atoms with Crippen LogP contribution in [-0.2, 0) is 6.54 Å². The van der Waals surface area contributed by atoms with Gasteiger partial charge in [-0.2, -0.15) is 0 Å². The van der Waals surface area contributed by atoms with E-state index in [1.165, 1.54) is 12.1 Å². The van der Waals surface area contributed by atoms with E-state index < -0.39 is 5.82 Å². The molecule has 0 aliphatic rings. The molecule has 4 nitrogen and oxygen atoms in total. The summed E-state index contributed by atoms with van der Waals surface area (Å²) in [5.41, 5.74) is 2.35. The van der Waals surface area contributed by atoms with E-state index in [1.54, 1.807) is 6.07 Å².